The molecule has 1 aromatic heterocycles. The van der Waals surface area contributed by atoms with Gasteiger partial charge in [-0.25, -0.2) is 0 Å². The summed E-state index contributed by atoms with van der Waals surface area (Å²) >= 11 is 11.6. The van der Waals surface area contributed by atoms with E-state index in [0.717, 1.165) is 25.7 Å². The molecule has 0 aliphatic heterocycles. The molecule has 0 atom stereocenters. The van der Waals surface area contributed by atoms with E-state index >= 15 is 0 Å². The summed E-state index contributed by atoms with van der Waals surface area (Å²) in [5.74, 6) is 0.268. The first kappa shape index (κ1) is 15.4. The van der Waals surface area contributed by atoms with Crippen LogP contribution >= 0.6 is 23.2 Å². The van der Waals surface area contributed by atoms with Gasteiger partial charge in [0.25, 0.3) is 5.56 Å². The highest BCUT2D eigenvalue weighted by atomic mass is 35.5. The van der Waals surface area contributed by atoms with Crippen LogP contribution in [0.4, 0.5) is 0 Å². The van der Waals surface area contributed by atoms with E-state index in [4.69, 9.17) is 27.9 Å². The van der Waals surface area contributed by atoms with Crippen LogP contribution in [-0.4, -0.2) is 16.6 Å². The van der Waals surface area contributed by atoms with Crippen LogP contribution in [0.25, 0.3) is 0 Å². The van der Waals surface area contributed by atoms with E-state index in [9.17, 15) is 9.59 Å². The lowest BCUT2D eigenvalue weighted by molar-refractivity contribution is -0.151. The number of aromatic nitrogens is 1. The summed E-state index contributed by atoms with van der Waals surface area (Å²) in [5.41, 5.74) is -0.440. The molecule has 0 N–H and O–H groups in total. The molecular weight excluding hydrogens is 301 g/mol. The summed E-state index contributed by atoms with van der Waals surface area (Å²) in [6.45, 7) is 2.04. The van der Waals surface area contributed by atoms with Gasteiger partial charge in [0.1, 0.15) is 17.7 Å². The average Bonchev–Trinajstić information content (AvgIpc) is 2.38. The Kier molecular flexibility index (Phi) is 5.11. The Labute approximate surface area is 127 Å². The maximum absolute atomic E-state index is 11.9. The van der Waals surface area contributed by atoms with Crippen LogP contribution in [0.15, 0.2) is 17.1 Å². The minimum Gasteiger partial charge on any atom is -0.461 e. The van der Waals surface area contributed by atoms with E-state index in [1.165, 1.54) is 16.8 Å². The highest BCUT2D eigenvalue weighted by molar-refractivity contribution is 6.34. The minimum absolute atomic E-state index is 0.00297. The number of pyridine rings is 1. The van der Waals surface area contributed by atoms with Crippen molar-refractivity contribution >= 4 is 29.2 Å². The Morgan fingerprint density at radius 3 is 2.65 bits per heavy atom. The number of esters is 1. The van der Waals surface area contributed by atoms with Gasteiger partial charge in [-0.1, -0.05) is 30.1 Å². The van der Waals surface area contributed by atoms with Crippen molar-refractivity contribution in [1.82, 2.24) is 4.57 Å². The zero-order chi connectivity index (χ0) is 14.7. The lowest BCUT2D eigenvalue weighted by Crippen LogP contribution is -2.29. The number of nitrogens with zero attached hydrogens (tertiary/aromatic N) is 1. The Hall–Kier alpha value is -1.00. The standard InChI is InChI=1S/C14H17Cl2NO3/c1-9-2-4-11(5-3-9)20-13(18)8-17-7-10(15)6-12(16)14(17)19/h6-7,9,11H,2-5,8H2,1H3. The molecule has 4 nitrogen and oxygen atoms in total. The van der Waals surface area contributed by atoms with E-state index in [2.05, 4.69) is 6.92 Å². The molecule has 1 fully saturated rings. The van der Waals surface area contributed by atoms with Gasteiger partial charge in [0, 0.05) is 6.20 Å². The molecule has 1 saturated carbocycles. The smallest absolute Gasteiger partial charge is 0.326 e. The quantitative estimate of drug-likeness (QED) is 0.804. The van der Waals surface area contributed by atoms with Crippen LogP contribution in [0, 0.1) is 5.92 Å². The lowest BCUT2D eigenvalue weighted by atomic mass is 9.89. The molecule has 0 bridgehead atoms. The maximum atomic E-state index is 11.9. The zero-order valence-corrected chi connectivity index (χ0v) is 12.8. The molecule has 1 aromatic rings. The molecule has 0 spiro atoms. The van der Waals surface area contributed by atoms with E-state index in [0.29, 0.717) is 10.9 Å². The van der Waals surface area contributed by atoms with Crippen molar-refractivity contribution in [2.45, 2.75) is 45.3 Å². The lowest BCUT2D eigenvalue weighted by Gasteiger charge is -2.26. The van der Waals surface area contributed by atoms with Crippen molar-refractivity contribution in [1.29, 1.82) is 0 Å². The Morgan fingerprint density at radius 2 is 2.00 bits per heavy atom. The van der Waals surface area contributed by atoms with E-state index in [1.807, 2.05) is 0 Å². The highest BCUT2D eigenvalue weighted by Gasteiger charge is 2.21. The molecule has 6 heteroatoms. The first-order valence-corrected chi connectivity index (χ1v) is 7.46. The second kappa shape index (κ2) is 6.64. The van der Waals surface area contributed by atoms with Crippen molar-refractivity contribution in [2.75, 3.05) is 0 Å². The monoisotopic (exact) mass is 317 g/mol. The van der Waals surface area contributed by atoms with Crippen molar-refractivity contribution in [2.24, 2.45) is 5.92 Å². The van der Waals surface area contributed by atoms with Gasteiger partial charge in [0.15, 0.2) is 0 Å². The molecule has 20 heavy (non-hydrogen) atoms. The molecule has 1 aliphatic rings. The summed E-state index contributed by atoms with van der Waals surface area (Å²) in [4.78, 5) is 23.6. The van der Waals surface area contributed by atoms with Gasteiger partial charge >= 0.3 is 5.97 Å². The van der Waals surface area contributed by atoms with Crippen LogP contribution < -0.4 is 5.56 Å². The number of ether oxygens (including phenoxy) is 1. The van der Waals surface area contributed by atoms with Crippen molar-refractivity contribution in [3.63, 3.8) is 0 Å². The number of halogens is 2. The molecule has 0 aromatic carbocycles. The van der Waals surface area contributed by atoms with Gasteiger partial charge in [-0.15, -0.1) is 0 Å². The SMILES string of the molecule is CC1CCC(OC(=O)Cn2cc(Cl)cc(Cl)c2=O)CC1. The van der Waals surface area contributed by atoms with Gasteiger partial charge in [-0.2, -0.15) is 0 Å². The molecule has 0 unspecified atom stereocenters. The number of rotatable bonds is 3. The van der Waals surface area contributed by atoms with Crippen molar-refractivity contribution in [3.8, 4) is 0 Å². The number of hydrogen-bond donors (Lipinski definition) is 0. The average molecular weight is 318 g/mol. The molecule has 2 rings (SSSR count). The molecular formula is C14H17Cl2NO3. The Morgan fingerprint density at radius 1 is 1.35 bits per heavy atom. The summed E-state index contributed by atoms with van der Waals surface area (Å²) in [7, 11) is 0. The van der Waals surface area contributed by atoms with Crippen LogP contribution in [0.3, 0.4) is 0 Å². The van der Waals surface area contributed by atoms with Gasteiger partial charge in [-0.3, -0.25) is 9.59 Å². The third-order valence-electron chi connectivity index (χ3n) is 3.57. The van der Waals surface area contributed by atoms with Gasteiger partial charge < -0.3 is 9.30 Å². The largest absolute Gasteiger partial charge is 0.461 e. The second-order valence-electron chi connectivity index (χ2n) is 5.31. The molecule has 0 radical (unpaired) electrons. The zero-order valence-electron chi connectivity index (χ0n) is 11.3. The highest BCUT2D eigenvalue weighted by Crippen LogP contribution is 2.25. The van der Waals surface area contributed by atoms with Gasteiger partial charge in [-0.05, 0) is 37.7 Å². The van der Waals surface area contributed by atoms with E-state index in [-0.39, 0.29) is 17.7 Å². The predicted molar refractivity (Wildman–Crippen MR) is 78.2 cm³/mol. The Balaban J connectivity index is 1.97. The van der Waals surface area contributed by atoms with Crippen molar-refractivity contribution in [3.05, 3.63) is 32.7 Å². The summed E-state index contributed by atoms with van der Waals surface area (Å²) in [6, 6.07) is 1.36. The summed E-state index contributed by atoms with van der Waals surface area (Å²) < 4.78 is 6.57. The third kappa shape index (κ3) is 4.00. The Bertz CT molecular complexity index is 548. The molecule has 1 aliphatic carbocycles. The molecule has 0 saturated heterocycles. The second-order valence-corrected chi connectivity index (χ2v) is 6.15. The molecule has 1 heterocycles. The third-order valence-corrected chi connectivity index (χ3v) is 4.05. The van der Waals surface area contributed by atoms with Crippen LogP contribution in [-0.2, 0) is 16.1 Å². The maximum Gasteiger partial charge on any atom is 0.326 e. The normalized spacial score (nSPS) is 22.6. The van der Waals surface area contributed by atoms with Crippen LogP contribution in [0.2, 0.25) is 10.0 Å². The molecule has 0 amide bonds. The fourth-order valence-electron chi connectivity index (χ4n) is 2.39. The van der Waals surface area contributed by atoms with Gasteiger partial charge in [0.05, 0.1) is 5.02 Å². The number of carbonyl (C=O) groups is 1. The number of hydrogen-bond acceptors (Lipinski definition) is 3. The first-order valence-electron chi connectivity index (χ1n) is 6.70. The van der Waals surface area contributed by atoms with Crippen molar-refractivity contribution < 1.29 is 9.53 Å². The summed E-state index contributed by atoms with van der Waals surface area (Å²) in [5, 5.41) is 0.311. The van der Waals surface area contributed by atoms with Crippen LogP contribution in [0.5, 0.6) is 0 Å². The van der Waals surface area contributed by atoms with Crippen LogP contribution in [0.1, 0.15) is 32.6 Å². The summed E-state index contributed by atoms with van der Waals surface area (Å²) in [6.07, 6.45) is 5.27. The first-order chi connectivity index (χ1) is 9.45. The molecule has 110 valence electrons. The fourth-order valence-corrected chi connectivity index (χ4v) is 2.90. The minimum atomic E-state index is -0.440. The van der Waals surface area contributed by atoms with E-state index in [1.54, 1.807) is 0 Å². The fraction of sp³-hybridized carbons (Fsp3) is 0.571. The topological polar surface area (TPSA) is 48.3 Å². The van der Waals surface area contributed by atoms with E-state index < -0.39 is 11.5 Å². The van der Waals surface area contributed by atoms with Gasteiger partial charge in [0.2, 0.25) is 0 Å². The predicted octanol–water partition coefficient (Wildman–Crippen LogP) is 3.28. The number of carbonyl (C=O) groups excluding carboxylic acids is 1.